The normalized spacial score (nSPS) is 10.5. The van der Waals surface area contributed by atoms with Gasteiger partial charge in [0.2, 0.25) is 0 Å². The number of benzene rings is 1. The van der Waals surface area contributed by atoms with Gasteiger partial charge < -0.3 is 10.1 Å². The summed E-state index contributed by atoms with van der Waals surface area (Å²) in [5.74, 6) is -0.494. The van der Waals surface area contributed by atoms with Crippen LogP contribution in [0, 0.1) is 0 Å². The van der Waals surface area contributed by atoms with Gasteiger partial charge in [0.15, 0.2) is 15.2 Å². The van der Waals surface area contributed by atoms with Gasteiger partial charge in [-0.3, -0.25) is 0 Å². The molecule has 1 aromatic heterocycles. The smallest absolute Gasteiger partial charge is 0.351 e. The van der Waals surface area contributed by atoms with Crippen molar-refractivity contribution in [3.05, 3.63) is 43.8 Å². The summed E-state index contributed by atoms with van der Waals surface area (Å²) in [6.07, 6.45) is 0.695. The van der Waals surface area contributed by atoms with Crippen LogP contribution in [0.5, 0.6) is 0 Å². The fourth-order valence-electron chi connectivity index (χ4n) is 1.62. The van der Waals surface area contributed by atoms with E-state index in [1.54, 1.807) is 12.1 Å². The zero-order valence-electron chi connectivity index (χ0n) is 11.0. The average molecular weight is 366 g/mol. The molecular formula is C13H11Cl3N2O2S. The Kier molecular flexibility index (Phi) is 5.70. The van der Waals surface area contributed by atoms with E-state index < -0.39 is 5.97 Å². The van der Waals surface area contributed by atoms with Crippen molar-refractivity contribution in [3.63, 3.8) is 0 Å². The molecule has 0 radical (unpaired) electrons. The van der Waals surface area contributed by atoms with E-state index in [1.165, 1.54) is 7.11 Å². The molecule has 0 aliphatic heterocycles. The number of anilines is 1. The monoisotopic (exact) mass is 364 g/mol. The molecule has 2 aromatic rings. The molecule has 1 aromatic carbocycles. The molecule has 112 valence electrons. The Hall–Kier alpha value is -1.01. The number of carbonyl (C=O) groups excluding carboxylic acids is 1. The number of hydrogen-bond acceptors (Lipinski definition) is 5. The Balaban J connectivity index is 1.96. The number of aromatic nitrogens is 1. The van der Waals surface area contributed by atoms with E-state index in [1.807, 2.05) is 6.07 Å². The van der Waals surface area contributed by atoms with Crippen LogP contribution < -0.4 is 5.32 Å². The molecule has 0 fully saturated rings. The van der Waals surface area contributed by atoms with Gasteiger partial charge in [0.05, 0.1) is 7.11 Å². The Labute approximate surface area is 141 Å². The van der Waals surface area contributed by atoms with Crippen LogP contribution in [-0.2, 0) is 11.2 Å². The quantitative estimate of drug-likeness (QED) is 0.790. The second-order valence-electron chi connectivity index (χ2n) is 4.04. The summed E-state index contributed by atoms with van der Waals surface area (Å²) < 4.78 is 4.62. The Morgan fingerprint density at radius 1 is 1.38 bits per heavy atom. The van der Waals surface area contributed by atoms with E-state index >= 15 is 0 Å². The predicted molar refractivity (Wildman–Crippen MR) is 87.1 cm³/mol. The maximum atomic E-state index is 11.4. The molecule has 0 spiro atoms. The lowest BCUT2D eigenvalue weighted by Crippen LogP contribution is -2.04. The van der Waals surface area contributed by atoms with Crippen molar-refractivity contribution in [1.29, 1.82) is 0 Å². The highest BCUT2D eigenvalue weighted by molar-refractivity contribution is 7.18. The summed E-state index contributed by atoms with van der Waals surface area (Å²) in [7, 11) is 1.30. The zero-order valence-corrected chi connectivity index (χ0v) is 14.0. The summed E-state index contributed by atoms with van der Waals surface area (Å²) in [5, 5.41) is 5.02. The van der Waals surface area contributed by atoms with Crippen molar-refractivity contribution >= 4 is 57.2 Å². The number of halogens is 3. The van der Waals surface area contributed by atoms with E-state index in [2.05, 4.69) is 15.0 Å². The molecule has 0 bridgehead atoms. The minimum atomic E-state index is -0.494. The first kappa shape index (κ1) is 16.4. The maximum Gasteiger partial charge on any atom is 0.351 e. The van der Waals surface area contributed by atoms with Crippen LogP contribution in [0.4, 0.5) is 5.13 Å². The molecule has 0 aliphatic carbocycles. The van der Waals surface area contributed by atoms with Gasteiger partial charge in [0.25, 0.3) is 0 Å². The van der Waals surface area contributed by atoms with Gasteiger partial charge in [0, 0.05) is 16.6 Å². The summed E-state index contributed by atoms with van der Waals surface area (Å²) in [5.41, 5.74) is 0.976. The first-order chi connectivity index (χ1) is 10.0. The third-order valence-corrected chi connectivity index (χ3v) is 4.61. The number of nitrogens with zero attached hydrogens (tertiary/aromatic N) is 1. The fourth-order valence-corrected chi connectivity index (χ4v) is 3.26. The van der Waals surface area contributed by atoms with Gasteiger partial charge in [-0.2, -0.15) is 0 Å². The Morgan fingerprint density at radius 3 is 2.81 bits per heavy atom. The van der Waals surface area contributed by atoms with E-state index in [-0.39, 0.29) is 10.0 Å². The van der Waals surface area contributed by atoms with E-state index in [0.717, 1.165) is 16.9 Å². The number of rotatable bonds is 5. The lowest BCUT2D eigenvalue weighted by atomic mass is 10.1. The van der Waals surface area contributed by atoms with Crippen LogP contribution >= 0.6 is 46.1 Å². The molecule has 2 rings (SSSR count). The number of methoxy groups -OCH3 is 1. The van der Waals surface area contributed by atoms with Crippen LogP contribution in [0.25, 0.3) is 0 Å². The SMILES string of the molecule is COC(=O)c1sc(NCCc2ccc(Cl)cc2Cl)nc1Cl. The summed E-state index contributed by atoms with van der Waals surface area (Å²) in [4.78, 5) is 15.8. The number of thiazole rings is 1. The fraction of sp³-hybridized carbons (Fsp3) is 0.231. The third kappa shape index (κ3) is 4.23. The van der Waals surface area contributed by atoms with E-state index in [0.29, 0.717) is 28.1 Å². The molecule has 0 saturated heterocycles. The maximum absolute atomic E-state index is 11.4. The molecular weight excluding hydrogens is 355 g/mol. The molecule has 4 nitrogen and oxygen atoms in total. The van der Waals surface area contributed by atoms with Crippen molar-refractivity contribution in [1.82, 2.24) is 4.98 Å². The van der Waals surface area contributed by atoms with Crippen molar-refractivity contribution in [3.8, 4) is 0 Å². The first-order valence-electron chi connectivity index (χ1n) is 5.93. The largest absolute Gasteiger partial charge is 0.465 e. The molecule has 8 heteroatoms. The van der Waals surface area contributed by atoms with Crippen LogP contribution in [-0.4, -0.2) is 24.6 Å². The number of esters is 1. The molecule has 21 heavy (non-hydrogen) atoms. The van der Waals surface area contributed by atoms with Crippen LogP contribution in [0.1, 0.15) is 15.2 Å². The minimum Gasteiger partial charge on any atom is -0.465 e. The van der Waals surface area contributed by atoms with Gasteiger partial charge in [-0.1, -0.05) is 52.2 Å². The highest BCUT2D eigenvalue weighted by Gasteiger charge is 2.17. The molecule has 1 N–H and O–H groups in total. The molecule has 0 saturated carbocycles. The first-order valence-corrected chi connectivity index (χ1v) is 7.88. The van der Waals surface area contributed by atoms with Crippen molar-refractivity contribution in [2.45, 2.75) is 6.42 Å². The number of hydrogen-bond donors (Lipinski definition) is 1. The average Bonchev–Trinajstić information content (AvgIpc) is 2.81. The van der Waals surface area contributed by atoms with Crippen molar-refractivity contribution in [2.24, 2.45) is 0 Å². The third-order valence-electron chi connectivity index (χ3n) is 2.64. The highest BCUT2D eigenvalue weighted by atomic mass is 35.5. The van der Waals surface area contributed by atoms with E-state index in [4.69, 9.17) is 34.8 Å². The lowest BCUT2D eigenvalue weighted by molar-refractivity contribution is 0.0606. The highest BCUT2D eigenvalue weighted by Crippen LogP contribution is 2.27. The van der Waals surface area contributed by atoms with Crippen LogP contribution in [0.3, 0.4) is 0 Å². The lowest BCUT2D eigenvalue weighted by Gasteiger charge is -2.05. The molecule has 0 amide bonds. The van der Waals surface area contributed by atoms with Gasteiger partial charge in [-0.15, -0.1) is 0 Å². The summed E-state index contributed by atoms with van der Waals surface area (Å²) in [6, 6.07) is 5.37. The molecule has 0 unspecified atom stereocenters. The second-order valence-corrected chi connectivity index (χ2v) is 6.24. The van der Waals surface area contributed by atoms with Gasteiger partial charge >= 0.3 is 5.97 Å². The molecule has 0 aliphatic rings. The van der Waals surface area contributed by atoms with Crippen LogP contribution in [0.15, 0.2) is 18.2 Å². The zero-order chi connectivity index (χ0) is 15.4. The molecule has 0 atom stereocenters. The Morgan fingerprint density at radius 2 is 2.14 bits per heavy atom. The summed E-state index contributed by atoms with van der Waals surface area (Å²) >= 11 is 19.0. The standard InChI is InChI=1S/C13H11Cl3N2O2S/c1-20-12(19)10-11(16)18-13(21-10)17-5-4-7-2-3-8(14)6-9(7)15/h2-3,6H,4-5H2,1H3,(H,17,18). The topological polar surface area (TPSA) is 51.2 Å². The molecule has 1 heterocycles. The number of ether oxygens (including phenoxy) is 1. The number of carbonyl (C=O) groups is 1. The van der Waals surface area contributed by atoms with Crippen molar-refractivity contribution in [2.75, 3.05) is 19.0 Å². The van der Waals surface area contributed by atoms with Gasteiger partial charge in [-0.25, -0.2) is 9.78 Å². The minimum absolute atomic E-state index is 0.138. The second kappa shape index (κ2) is 7.31. The van der Waals surface area contributed by atoms with Gasteiger partial charge in [0.1, 0.15) is 0 Å². The Bertz CT molecular complexity index is 661. The van der Waals surface area contributed by atoms with E-state index in [9.17, 15) is 4.79 Å². The summed E-state index contributed by atoms with van der Waals surface area (Å²) in [6.45, 7) is 0.603. The van der Waals surface area contributed by atoms with Crippen molar-refractivity contribution < 1.29 is 9.53 Å². The van der Waals surface area contributed by atoms with Gasteiger partial charge in [-0.05, 0) is 24.1 Å². The number of nitrogens with one attached hydrogen (secondary N) is 1. The van der Waals surface area contributed by atoms with Crippen LogP contribution in [0.2, 0.25) is 15.2 Å². The predicted octanol–water partition coefficient (Wildman–Crippen LogP) is 4.54.